The molecule has 0 fully saturated rings. The van der Waals surface area contributed by atoms with Gasteiger partial charge in [0.05, 0.1) is 16.4 Å². The lowest BCUT2D eigenvalue weighted by atomic mass is 10.3. The number of fused-ring (bicyclic) bond motifs is 3. The molecule has 3 heteroatoms. The van der Waals surface area contributed by atoms with Crippen LogP contribution in [-0.4, -0.2) is 16.5 Å². The quantitative estimate of drug-likeness (QED) is 0.563. The Balaban J connectivity index is 2.36. The smallest absolute Gasteiger partial charge is 0.130 e. The van der Waals surface area contributed by atoms with Crippen molar-refractivity contribution in [2.45, 2.75) is 0 Å². The number of nitrogens with one attached hydrogen (secondary N) is 1. The monoisotopic (exact) mass is 160 g/mol. The lowest BCUT2D eigenvalue weighted by Gasteiger charge is -2.23. The number of hydrogen-bond donors (Lipinski definition) is 1. The maximum Gasteiger partial charge on any atom is 0.130 e. The molecule has 1 aromatic heterocycles. The molecular formula is C9H8N2O. The van der Waals surface area contributed by atoms with Crippen molar-refractivity contribution in [3.63, 3.8) is 0 Å². The Kier molecular flexibility index (Phi) is 0.961. The van der Waals surface area contributed by atoms with Gasteiger partial charge in [0.15, 0.2) is 0 Å². The number of H-pyrrole nitrogens is 1. The summed E-state index contributed by atoms with van der Waals surface area (Å²) in [6, 6.07) is 4.14. The Morgan fingerprint density at radius 1 is 1.42 bits per heavy atom. The van der Waals surface area contributed by atoms with E-state index in [4.69, 9.17) is 4.74 Å². The molecule has 1 N–H and O–H groups in total. The van der Waals surface area contributed by atoms with Crippen LogP contribution in [-0.2, 0) is 4.74 Å². The van der Waals surface area contributed by atoms with Crippen molar-refractivity contribution in [3.05, 3.63) is 35.3 Å². The zero-order chi connectivity index (χ0) is 7.97. The molecule has 3 rings (SSSR count). The fourth-order valence-electron chi connectivity index (χ4n) is 1.54. The highest BCUT2D eigenvalue weighted by Crippen LogP contribution is 2.12. The predicted octanol–water partition coefficient (Wildman–Crippen LogP) is -0.322. The molecule has 0 saturated heterocycles. The molecule has 0 radical (unpaired) electrons. The minimum absolute atomic E-state index is 0.646. The molecule has 3 heterocycles. The van der Waals surface area contributed by atoms with E-state index in [1.165, 1.54) is 5.70 Å². The third kappa shape index (κ3) is 0.652. The van der Waals surface area contributed by atoms with Gasteiger partial charge in [-0.25, -0.2) is 0 Å². The van der Waals surface area contributed by atoms with Crippen LogP contribution in [0.2, 0.25) is 0 Å². The Hall–Kier alpha value is -1.64. The Bertz CT molecular complexity index is 455. The van der Waals surface area contributed by atoms with Crippen LogP contribution in [0.25, 0.3) is 11.9 Å². The second-order valence-corrected chi connectivity index (χ2v) is 2.91. The lowest BCUT2D eigenvalue weighted by Crippen LogP contribution is -2.31. The van der Waals surface area contributed by atoms with Gasteiger partial charge in [-0.1, -0.05) is 0 Å². The van der Waals surface area contributed by atoms with Gasteiger partial charge in [0, 0.05) is 12.4 Å². The first-order valence-electron chi connectivity index (χ1n) is 3.90. The summed E-state index contributed by atoms with van der Waals surface area (Å²) < 4.78 is 5.21. The van der Waals surface area contributed by atoms with E-state index in [-0.39, 0.29) is 0 Å². The minimum atomic E-state index is 0.646. The molecule has 0 amide bonds. The van der Waals surface area contributed by atoms with Crippen LogP contribution in [0.5, 0.6) is 0 Å². The van der Waals surface area contributed by atoms with Gasteiger partial charge in [-0.2, -0.15) is 0 Å². The maximum atomic E-state index is 5.21. The largest absolute Gasteiger partial charge is 0.493 e. The van der Waals surface area contributed by atoms with Gasteiger partial charge >= 0.3 is 0 Å². The van der Waals surface area contributed by atoms with E-state index in [1.807, 2.05) is 6.20 Å². The molecular weight excluding hydrogens is 152 g/mol. The number of rotatable bonds is 0. The number of nitrogens with zero attached hydrogens (tertiary/aromatic N) is 1. The van der Waals surface area contributed by atoms with Crippen molar-refractivity contribution in [1.29, 1.82) is 0 Å². The summed E-state index contributed by atoms with van der Waals surface area (Å²) in [4.78, 5) is 5.35. The third-order valence-corrected chi connectivity index (χ3v) is 2.15. The third-order valence-electron chi connectivity index (χ3n) is 2.15. The molecule has 12 heavy (non-hydrogen) atoms. The van der Waals surface area contributed by atoms with Crippen LogP contribution in [0.3, 0.4) is 0 Å². The Morgan fingerprint density at radius 3 is 3.42 bits per heavy atom. The fourth-order valence-corrected chi connectivity index (χ4v) is 1.54. The lowest BCUT2D eigenvalue weighted by molar-refractivity contribution is 0.263. The van der Waals surface area contributed by atoms with Crippen molar-refractivity contribution < 1.29 is 4.74 Å². The second-order valence-electron chi connectivity index (χ2n) is 2.91. The molecule has 3 nitrogen and oxygen atoms in total. The summed E-state index contributed by atoms with van der Waals surface area (Å²) in [5.74, 6) is 0. The normalized spacial score (nSPS) is 18.3. The molecule has 0 saturated carbocycles. The summed E-state index contributed by atoms with van der Waals surface area (Å²) >= 11 is 0. The Morgan fingerprint density at radius 2 is 2.42 bits per heavy atom. The Labute approximate surface area is 69.3 Å². The number of ether oxygens (including phenoxy) is 1. The molecule has 2 aliphatic heterocycles. The van der Waals surface area contributed by atoms with Gasteiger partial charge in [0.2, 0.25) is 0 Å². The SMILES string of the molecule is C1=CN2C=c3ccc([nH]3)=C2CO1. The van der Waals surface area contributed by atoms with Crippen LogP contribution in [0, 0.1) is 0 Å². The molecule has 60 valence electrons. The van der Waals surface area contributed by atoms with Crippen molar-refractivity contribution in [1.82, 2.24) is 9.88 Å². The van der Waals surface area contributed by atoms with Crippen LogP contribution in [0.1, 0.15) is 0 Å². The summed E-state index contributed by atoms with van der Waals surface area (Å²) in [7, 11) is 0. The molecule has 1 aromatic rings. The van der Waals surface area contributed by atoms with Crippen LogP contribution < -0.4 is 10.7 Å². The first kappa shape index (κ1) is 5.94. The molecule has 0 aliphatic carbocycles. The number of aromatic amines is 1. The van der Waals surface area contributed by atoms with Gasteiger partial charge in [0.25, 0.3) is 0 Å². The minimum Gasteiger partial charge on any atom is -0.493 e. The van der Waals surface area contributed by atoms with Crippen molar-refractivity contribution >= 4 is 11.9 Å². The molecule has 0 unspecified atom stereocenters. The fraction of sp³-hybridized carbons (Fsp3) is 0.111. The highest BCUT2D eigenvalue weighted by atomic mass is 16.5. The zero-order valence-corrected chi connectivity index (χ0v) is 6.45. The van der Waals surface area contributed by atoms with E-state index in [1.54, 1.807) is 6.26 Å². The highest BCUT2D eigenvalue weighted by molar-refractivity contribution is 5.54. The number of hydrogen-bond acceptors (Lipinski definition) is 2. The van der Waals surface area contributed by atoms with Crippen LogP contribution in [0.15, 0.2) is 24.6 Å². The van der Waals surface area contributed by atoms with Gasteiger partial charge < -0.3 is 14.6 Å². The standard InChI is InChI=1S/C9H8N2O/c1-2-8-9-6-12-4-3-11(9)5-7(1)10-8/h1-5,10H,6H2. The van der Waals surface area contributed by atoms with Crippen molar-refractivity contribution in [2.75, 3.05) is 6.61 Å². The van der Waals surface area contributed by atoms with E-state index < -0.39 is 0 Å². The first-order chi connectivity index (χ1) is 5.93. The second kappa shape index (κ2) is 1.94. The molecule has 2 aliphatic rings. The summed E-state index contributed by atoms with van der Waals surface area (Å²) in [6.45, 7) is 0.646. The average Bonchev–Trinajstić information content (AvgIpc) is 2.49. The van der Waals surface area contributed by atoms with Crippen LogP contribution >= 0.6 is 0 Å². The molecule has 2 bridgehead atoms. The van der Waals surface area contributed by atoms with E-state index in [0.717, 1.165) is 10.7 Å². The highest BCUT2D eigenvalue weighted by Gasteiger charge is 2.13. The van der Waals surface area contributed by atoms with Crippen molar-refractivity contribution in [2.24, 2.45) is 0 Å². The summed E-state index contributed by atoms with van der Waals surface area (Å²) in [5.41, 5.74) is 1.18. The molecule has 0 aromatic carbocycles. The summed E-state index contributed by atoms with van der Waals surface area (Å²) in [5, 5.41) is 2.29. The maximum absolute atomic E-state index is 5.21. The molecule has 0 atom stereocenters. The van der Waals surface area contributed by atoms with Crippen LogP contribution in [0.4, 0.5) is 0 Å². The zero-order valence-electron chi connectivity index (χ0n) is 6.45. The van der Waals surface area contributed by atoms with E-state index in [0.29, 0.717) is 6.61 Å². The average molecular weight is 160 g/mol. The van der Waals surface area contributed by atoms with Gasteiger partial charge in [-0.05, 0) is 12.1 Å². The topological polar surface area (TPSA) is 28.3 Å². The van der Waals surface area contributed by atoms with E-state index in [9.17, 15) is 0 Å². The van der Waals surface area contributed by atoms with Gasteiger partial charge in [0.1, 0.15) is 12.9 Å². The predicted molar refractivity (Wildman–Crippen MR) is 44.8 cm³/mol. The molecule has 0 spiro atoms. The van der Waals surface area contributed by atoms with Gasteiger partial charge in [-0.15, -0.1) is 0 Å². The summed E-state index contributed by atoms with van der Waals surface area (Å²) in [6.07, 6.45) is 5.69. The number of aromatic nitrogens is 1. The van der Waals surface area contributed by atoms with E-state index >= 15 is 0 Å². The van der Waals surface area contributed by atoms with E-state index in [2.05, 4.69) is 28.2 Å². The van der Waals surface area contributed by atoms with Gasteiger partial charge in [-0.3, -0.25) is 0 Å². The van der Waals surface area contributed by atoms with Crippen molar-refractivity contribution in [3.8, 4) is 0 Å². The first-order valence-corrected chi connectivity index (χ1v) is 3.90.